The third kappa shape index (κ3) is 2.11. The van der Waals surface area contributed by atoms with Gasteiger partial charge in [-0.3, -0.25) is 4.79 Å². The van der Waals surface area contributed by atoms with Crippen molar-refractivity contribution in [2.24, 2.45) is 23.2 Å². The maximum atomic E-state index is 12.3. The Morgan fingerprint density at radius 1 is 1.19 bits per heavy atom. The van der Waals surface area contributed by atoms with Gasteiger partial charge in [0.15, 0.2) is 0 Å². The maximum absolute atomic E-state index is 12.3. The van der Waals surface area contributed by atoms with Gasteiger partial charge in [0.05, 0.1) is 0 Å². The Morgan fingerprint density at radius 3 is 2.25 bits per heavy atom. The fourth-order valence-electron chi connectivity index (χ4n) is 4.33. The molecular formula is C14H25NO. The van der Waals surface area contributed by atoms with Crippen molar-refractivity contribution < 1.29 is 4.79 Å². The molecule has 2 nitrogen and oxygen atoms in total. The molecule has 0 heterocycles. The van der Waals surface area contributed by atoms with Gasteiger partial charge in [0.2, 0.25) is 5.91 Å². The summed E-state index contributed by atoms with van der Waals surface area (Å²) in [5, 5.41) is 3.06. The van der Waals surface area contributed by atoms with E-state index < -0.39 is 0 Å². The average Bonchev–Trinajstić information content (AvgIpc) is 2.15. The van der Waals surface area contributed by atoms with E-state index in [1.807, 2.05) is 6.92 Å². The summed E-state index contributed by atoms with van der Waals surface area (Å²) in [6.07, 6.45) is 6.05. The van der Waals surface area contributed by atoms with Crippen molar-refractivity contribution in [3.05, 3.63) is 0 Å². The lowest BCUT2D eigenvalue weighted by Crippen LogP contribution is -2.49. The number of nitrogens with one attached hydrogen (secondary N) is 1. The van der Waals surface area contributed by atoms with Gasteiger partial charge in [-0.15, -0.1) is 0 Å². The van der Waals surface area contributed by atoms with Gasteiger partial charge < -0.3 is 5.32 Å². The van der Waals surface area contributed by atoms with E-state index in [0.29, 0.717) is 5.91 Å². The summed E-state index contributed by atoms with van der Waals surface area (Å²) >= 11 is 0. The van der Waals surface area contributed by atoms with Gasteiger partial charge in [-0.1, -0.05) is 13.8 Å². The predicted molar refractivity (Wildman–Crippen MR) is 66.0 cm³/mol. The first-order chi connectivity index (χ1) is 7.55. The van der Waals surface area contributed by atoms with Crippen LogP contribution in [0.3, 0.4) is 0 Å². The number of fused-ring (bicyclic) bond motifs is 2. The summed E-state index contributed by atoms with van der Waals surface area (Å²) in [4.78, 5) is 12.3. The van der Waals surface area contributed by atoms with Crippen LogP contribution in [0.5, 0.6) is 0 Å². The fraction of sp³-hybridized carbons (Fsp3) is 0.929. The number of rotatable bonds is 2. The van der Waals surface area contributed by atoms with Crippen molar-refractivity contribution in [2.75, 3.05) is 6.54 Å². The maximum Gasteiger partial charge on any atom is 0.226 e. The molecule has 0 aliphatic heterocycles. The Bertz CT molecular complexity index is 254. The zero-order valence-electron chi connectivity index (χ0n) is 10.9. The van der Waals surface area contributed by atoms with Gasteiger partial charge in [0.1, 0.15) is 0 Å². The molecule has 0 radical (unpaired) electrons. The molecule has 16 heavy (non-hydrogen) atoms. The van der Waals surface area contributed by atoms with Crippen molar-refractivity contribution in [2.45, 2.75) is 52.9 Å². The molecule has 2 aliphatic rings. The highest BCUT2D eigenvalue weighted by atomic mass is 16.2. The van der Waals surface area contributed by atoms with Gasteiger partial charge in [-0.25, -0.2) is 0 Å². The van der Waals surface area contributed by atoms with Crippen LogP contribution in [-0.4, -0.2) is 12.5 Å². The monoisotopic (exact) mass is 223 g/mol. The Balaban J connectivity index is 2.17. The van der Waals surface area contributed by atoms with Crippen LogP contribution in [0.1, 0.15) is 52.9 Å². The quantitative estimate of drug-likeness (QED) is 0.766. The lowest BCUT2D eigenvalue weighted by atomic mass is 9.56. The molecule has 2 rings (SSSR count). The van der Waals surface area contributed by atoms with E-state index in [0.717, 1.165) is 43.6 Å². The fourth-order valence-corrected chi connectivity index (χ4v) is 4.33. The second kappa shape index (κ2) is 4.38. The molecule has 0 aromatic heterocycles. The Labute approximate surface area is 99.2 Å². The minimum atomic E-state index is -0.0178. The van der Waals surface area contributed by atoms with E-state index in [9.17, 15) is 4.79 Å². The van der Waals surface area contributed by atoms with Crippen molar-refractivity contribution >= 4 is 5.91 Å². The topological polar surface area (TPSA) is 29.1 Å². The van der Waals surface area contributed by atoms with Gasteiger partial charge in [-0.05, 0) is 56.8 Å². The molecule has 2 aliphatic carbocycles. The summed E-state index contributed by atoms with van der Waals surface area (Å²) in [6, 6.07) is 0. The van der Waals surface area contributed by atoms with Crippen LogP contribution in [0.2, 0.25) is 0 Å². The molecule has 2 heteroatoms. The summed E-state index contributed by atoms with van der Waals surface area (Å²) in [7, 11) is 0. The van der Waals surface area contributed by atoms with Crippen molar-refractivity contribution in [3.8, 4) is 0 Å². The van der Waals surface area contributed by atoms with Crippen molar-refractivity contribution in [1.82, 2.24) is 5.32 Å². The van der Waals surface area contributed by atoms with Gasteiger partial charge in [-0.2, -0.15) is 0 Å². The van der Waals surface area contributed by atoms with Crippen LogP contribution >= 0.6 is 0 Å². The third-order valence-corrected chi connectivity index (χ3v) is 4.45. The zero-order chi connectivity index (χ0) is 11.8. The smallest absolute Gasteiger partial charge is 0.226 e. The summed E-state index contributed by atoms with van der Waals surface area (Å²) in [5.74, 6) is 2.59. The normalized spacial score (nSPS) is 42.8. The number of amides is 1. The summed E-state index contributed by atoms with van der Waals surface area (Å²) in [5.41, 5.74) is -0.0178. The molecule has 2 unspecified atom stereocenters. The van der Waals surface area contributed by atoms with Crippen LogP contribution in [0.15, 0.2) is 0 Å². The predicted octanol–water partition coefficient (Wildman–Crippen LogP) is 2.98. The van der Waals surface area contributed by atoms with E-state index in [1.54, 1.807) is 0 Å². The summed E-state index contributed by atoms with van der Waals surface area (Å²) < 4.78 is 0. The Hall–Kier alpha value is -0.530. The van der Waals surface area contributed by atoms with Crippen LogP contribution in [0.4, 0.5) is 0 Å². The highest BCUT2D eigenvalue weighted by Gasteiger charge is 2.48. The lowest BCUT2D eigenvalue weighted by Gasteiger charge is -2.48. The molecule has 0 spiro atoms. The molecule has 1 N–H and O–H groups in total. The molecule has 0 saturated heterocycles. The molecule has 2 saturated carbocycles. The largest absolute Gasteiger partial charge is 0.356 e. The van der Waals surface area contributed by atoms with Crippen LogP contribution in [-0.2, 0) is 4.79 Å². The molecule has 0 aromatic rings. The van der Waals surface area contributed by atoms with Gasteiger partial charge >= 0.3 is 0 Å². The first-order valence-corrected chi connectivity index (χ1v) is 6.84. The SMILES string of the molecule is CCNC(=O)C12CC(C)CC(CC(C)C1)C2. The molecule has 1 amide bonds. The second-order valence-corrected chi connectivity index (χ2v) is 6.30. The van der Waals surface area contributed by atoms with E-state index >= 15 is 0 Å². The minimum Gasteiger partial charge on any atom is -0.356 e. The minimum absolute atomic E-state index is 0.0178. The van der Waals surface area contributed by atoms with Crippen LogP contribution in [0, 0.1) is 23.2 Å². The molecule has 2 fully saturated rings. The van der Waals surface area contributed by atoms with Crippen molar-refractivity contribution in [1.29, 1.82) is 0 Å². The Kier molecular flexibility index (Phi) is 3.27. The first-order valence-electron chi connectivity index (χ1n) is 6.84. The zero-order valence-corrected chi connectivity index (χ0v) is 10.9. The van der Waals surface area contributed by atoms with E-state index in [-0.39, 0.29) is 5.41 Å². The molecule has 0 aromatic carbocycles. The standard InChI is InChI=1S/C14H25NO/c1-4-15-13(16)14-7-10(2)5-12(9-14)6-11(3)8-14/h10-12H,4-9H2,1-3H3,(H,15,16). The first kappa shape index (κ1) is 11.9. The van der Waals surface area contributed by atoms with Gasteiger partial charge in [0.25, 0.3) is 0 Å². The van der Waals surface area contributed by atoms with E-state index in [4.69, 9.17) is 0 Å². The lowest BCUT2D eigenvalue weighted by molar-refractivity contribution is -0.139. The highest BCUT2D eigenvalue weighted by molar-refractivity contribution is 5.82. The van der Waals surface area contributed by atoms with Crippen molar-refractivity contribution in [3.63, 3.8) is 0 Å². The third-order valence-electron chi connectivity index (χ3n) is 4.45. The number of hydrogen-bond acceptors (Lipinski definition) is 1. The second-order valence-electron chi connectivity index (χ2n) is 6.30. The van der Waals surface area contributed by atoms with Crippen LogP contribution < -0.4 is 5.32 Å². The molecular weight excluding hydrogens is 198 g/mol. The van der Waals surface area contributed by atoms with Crippen LogP contribution in [0.25, 0.3) is 0 Å². The number of hydrogen-bond donors (Lipinski definition) is 1. The molecule has 92 valence electrons. The number of carbonyl (C=O) groups excluding carboxylic acids is 1. The van der Waals surface area contributed by atoms with E-state index in [1.165, 1.54) is 12.8 Å². The molecule has 2 bridgehead atoms. The number of carbonyl (C=O) groups is 1. The average molecular weight is 223 g/mol. The molecule has 2 atom stereocenters. The summed E-state index contributed by atoms with van der Waals surface area (Å²) in [6.45, 7) is 7.42. The van der Waals surface area contributed by atoms with Gasteiger partial charge in [0, 0.05) is 12.0 Å². The Morgan fingerprint density at radius 2 is 1.75 bits per heavy atom. The van der Waals surface area contributed by atoms with E-state index in [2.05, 4.69) is 19.2 Å². The highest BCUT2D eigenvalue weighted by Crippen LogP contribution is 2.52.